The average Bonchev–Trinajstić information content (AvgIpc) is 3.16. The Labute approximate surface area is 175 Å². The van der Waals surface area contributed by atoms with Gasteiger partial charge in [-0.05, 0) is 62.2 Å². The van der Waals surface area contributed by atoms with Crippen LogP contribution in [-0.2, 0) is 26.8 Å². The molecule has 7 nitrogen and oxygen atoms in total. The number of benzene rings is 1. The smallest absolute Gasteiger partial charge is 0.264 e. The van der Waals surface area contributed by atoms with Crippen molar-refractivity contribution in [1.82, 2.24) is 20.3 Å². The van der Waals surface area contributed by atoms with Gasteiger partial charge in [-0.2, -0.15) is 0 Å². The van der Waals surface area contributed by atoms with E-state index in [1.165, 1.54) is 24.9 Å². The summed E-state index contributed by atoms with van der Waals surface area (Å²) in [4.78, 5) is 16.3. The Morgan fingerprint density at radius 1 is 1.29 bits per heavy atom. The van der Waals surface area contributed by atoms with Gasteiger partial charge in [0.15, 0.2) is 5.11 Å². The highest BCUT2D eigenvalue weighted by atomic mass is 32.2. The van der Waals surface area contributed by atoms with Gasteiger partial charge in [0.2, 0.25) is 5.91 Å². The molecule has 0 spiro atoms. The second-order valence-corrected chi connectivity index (χ2v) is 9.51. The second kappa shape index (κ2) is 8.97. The largest absolute Gasteiger partial charge is 0.365 e. The number of H-pyrrole nitrogens is 1. The monoisotopic (exact) mass is 440 g/mol. The summed E-state index contributed by atoms with van der Waals surface area (Å²) < 4.78 is 27.6. The first kappa shape index (κ1) is 22.3. The zero-order valence-corrected chi connectivity index (χ0v) is 18.6. The Balaban J connectivity index is 2.23. The molecule has 2 rings (SSSR count). The van der Waals surface area contributed by atoms with Crippen LogP contribution in [0, 0.1) is 0 Å². The van der Waals surface area contributed by atoms with Gasteiger partial charge < -0.3 is 15.6 Å². The highest BCUT2D eigenvalue weighted by molar-refractivity contribution is 7.99. The molecule has 152 valence electrons. The summed E-state index contributed by atoms with van der Waals surface area (Å²) in [5.74, 6) is -0.210. The van der Waals surface area contributed by atoms with E-state index >= 15 is 0 Å². The molecule has 0 aliphatic carbocycles. The Morgan fingerprint density at radius 2 is 2.00 bits per heavy atom. The fourth-order valence-electron chi connectivity index (χ4n) is 2.63. The van der Waals surface area contributed by atoms with E-state index < -0.39 is 15.6 Å². The fourth-order valence-corrected chi connectivity index (χ4v) is 5.10. The highest BCUT2D eigenvalue weighted by Crippen LogP contribution is 2.26. The molecule has 1 amide bonds. The first-order chi connectivity index (χ1) is 13.1. The molecule has 0 aliphatic rings. The number of aromatic nitrogens is 1. The third kappa shape index (κ3) is 5.49. The Bertz CT molecular complexity index is 954. The molecule has 0 aliphatic heterocycles. The normalized spacial score (nSPS) is 11.7. The number of rotatable bonds is 7. The van der Waals surface area contributed by atoms with E-state index in [9.17, 15) is 13.2 Å². The van der Waals surface area contributed by atoms with Gasteiger partial charge in [-0.3, -0.25) is 9.52 Å². The molecule has 0 saturated heterocycles. The summed E-state index contributed by atoms with van der Waals surface area (Å²) in [6.45, 7) is 3.79. The SMILES string of the molecule is CNC(=S)NS(=O)(=O)c1cc(CC(=O)NC(C)(C)c2ccc[nH]2)ccc1SC. The quantitative estimate of drug-likeness (QED) is 0.388. The van der Waals surface area contributed by atoms with E-state index in [-0.39, 0.29) is 22.3 Å². The van der Waals surface area contributed by atoms with Gasteiger partial charge in [-0.15, -0.1) is 11.8 Å². The zero-order valence-electron chi connectivity index (χ0n) is 16.1. The van der Waals surface area contributed by atoms with E-state index in [0.29, 0.717) is 10.5 Å². The average molecular weight is 441 g/mol. The summed E-state index contributed by atoms with van der Waals surface area (Å²) in [5.41, 5.74) is 0.898. The maximum absolute atomic E-state index is 12.6. The van der Waals surface area contributed by atoms with Crippen LogP contribution >= 0.6 is 24.0 Å². The van der Waals surface area contributed by atoms with Crippen molar-refractivity contribution in [2.75, 3.05) is 13.3 Å². The molecule has 28 heavy (non-hydrogen) atoms. The minimum absolute atomic E-state index is 0.00268. The van der Waals surface area contributed by atoms with Crippen LogP contribution in [0.15, 0.2) is 46.3 Å². The van der Waals surface area contributed by atoms with Gasteiger partial charge in [-0.1, -0.05) is 6.07 Å². The van der Waals surface area contributed by atoms with Crippen LogP contribution in [0.1, 0.15) is 25.1 Å². The number of amides is 1. The molecule has 0 saturated carbocycles. The first-order valence-electron chi connectivity index (χ1n) is 8.45. The maximum Gasteiger partial charge on any atom is 0.264 e. The molecule has 10 heteroatoms. The highest BCUT2D eigenvalue weighted by Gasteiger charge is 2.25. The van der Waals surface area contributed by atoms with Crippen LogP contribution in [0.2, 0.25) is 0 Å². The molecule has 0 fully saturated rings. The molecular weight excluding hydrogens is 416 g/mol. The summed E-state index contributed by atoms with van der Waals surface area (Å²) in [6.07, 6.45) is 3.64. The molecule has 2 aromatic rings. The van der Waals surface area contributed by atoms with Gasteiger partial charge in [0.05, 0.1) is 12.0 Å². The second-order valence-electron chi connectivity index (χ2n) is 6.60. The van der Waals surface area contributed by atoms with E-state index in [1.54, 1.807) is 24.6 Å². The van der Waals surface area contributed by atoms with Gasteiger partial charge in [0.25, 0.3) is 10.0 Å². The van der Waals surface area contributed by atoms with Gasteiger partial charge in [0.1, 0.15) is 4.90 Å². The van der Waals surface area contributed by atoms with Crippen molar-refractivity contribution >= 4 is 45.0 Å². The van der Waals surface area contributed by atoms with E-state index in [1.807, 2.05) is 26.0 Å². The molecule has 1 aromatic carbocycles. The molecule has 4 N–H and O–H groups in total. The lowest BCUT2D eigenvalue weighted by molar-refractivity contribution is -0.122. The van der Waals surface area contributed by atoms with Crippen molar-refractivity contribution in [1.29, 1.82) is 0 Å². The van der Waals surface area contributed by atoms with Gasteiger partial charge >= 0.3 is 0 Å². The molecule has 1 heterocycles. The summed E-state index contributed by atoms with van der Waals surface area (Å²) in [7, 11) is -2.32. The van der Waals surface area contributed by atoms with Crippen molar-refractivity contribution < 1.29 is 13.2 Å². The number of aromatic amines is 1. The van der Waals surface area contributed by atoms with Crippen molar-refractivity contribution in [3.63, 3.8) is 0 Å². The van der Waals surface area contributed by atoms with Crippen LogP contribution < -0.4 is 15.4 Å². The van der Waals surface area contributed by atoms with E-state index in [0.717, 1.165) is 5.69 Å². The molecular formula is C18H24N4O3S3. The third-order valence-corrected chi connectivity index (χ3v) is 6.81. The predicted octanol–water partition coefficient (Wildman–Crippen LogP) is 2.11. The Hall–Kier alpha value is -2.04. The summed E-state index contributed by atoms with van der Waals surface area (Å²) in [5, 5.41) is 5.55. The predicted molar refractivity (Wildman–Crippen MR) is 116 cm³/mol. The molecule has 0 atom stereocenters. The fraction of sp³-hybridized carbons (Fsp3) is 0.333. The third-order valence-electron chi connectivity index (χ3n) is 4.06. The number of carbonyl (C=O) groups excluding carboxylic acids is 1. The van der Waals surface area contributed by atoms with Crippen molar-refractivity contribution in [2.45, 2.75) is 35.6 Å². The van der Waals surface area contributed by atoms with Gasteiger partial charge in [0, 0.05) is 23.8 Å². The molecule has 0 unspecified atom stereocenters. The topological polar surface area (TPSA) is 103 Å². The lowest BCUT2D eigenvalue weighted by Gasteiger charge is -2.25. The number of nitrogens with one attached hydrogen (secondary N) is 4. The summed E-state index contributed by atoms with van der Waals surface area (Å²) >= 11 is 6.21. The molecule has 0 radical (unpaired) electrons. The number of sulfonamides is 1. The number of hydrogen-bond acceptors (Lipinski definition) is 5. The van der Waals surface area contributed by atoms with Crippen LogP contribution in [0.5, 0.6) is 0 Å². The van der Waals surface area contributed by atoms with Crippen LogP contribution in [0.3, 0.4) is 0 Å². The lowest BCUT2D eigenvalue weighted by Crippen LogP contribution is -2.42. The van der Waals surface area contributed by atoms with Gasteiger partial charge in [-0.25, -0.2) is 8.42 Å². The standard InChI is InChI=1S/C18H24N4O3S3/c1-18(2,15-6-5-9-20-15)21-16(23)11-12-7-8-13(27-4)14(10-12)28(24,25)22-17(26)19-3/h5-10,20H,11H2,1-4H3,(H,21,23)(H2,19,22,26). The maximum atomic E-state index is 12.6. The van der Waals surface area contributed by atoms with Crippen molar-refractivity contribution in [2.24, 2.45) is 0 Å². The number of carbonyl (C=O) groups is 1. The number of hydrogen-bond donors (Lipinski definition) is 4. The van der Waals surface area contributed by atoms with Crippen molar-refractivity contribution in [3.05, 3.63) is 47.8 Å². The van der Waals surface area contributed by atoms with Crippen LogP contribution in [0.25, 0.3) is 0 Å². The Kier molecular flexibility index (Phi) is 7.13. The number of thioether (sulfide) groups is 1. The van der Waals surface area contributed by atoms with E-state index in [4.69, 9.17) is 12.2 Å². The minimum Gasteiger partial charge on any atom is -0.365 e. The van der Waals surface area contributed by atoms with Crippen LogP contribution in [0.4, 0.5) is 0 Å². The Morgan fingerprint density at radius 3 is 2.57 bits per heavy atom. The first-order valence-corrected chi connectivity index (χ1v) is 11.6. The molecule has 1 aromatic heterocycles. The van der Waals surface area contributed by atoms with Crippen molar-refractivity contribution in [3.8, 4) is 0 Å². The lowest BCUT2D eigenvalue weighted by atomic mass is 10.0. The van der Waals surface area contributed by atoms with Crippen LogP contribution in [-0.4, -0.2) is 37.7 Å². The zero-order chi connectivity index (χ0) is 20.9. The minimum atomic E-state index is -3.85. The molecule has 0 bridgehead atoms. The summed E-state index contributed by atoms with van der Waals surface area (Å²) in [6, 6.07) is 8.72. The number of thiocarbonyl (C=S) groups is 1. The van der Waals surface area contributed by atoms with E-state index in [2.05, 4.69) is 20.3 Å².